The molecule has 2 nitrogen and oxygen atoms in total. The van der Waals surface area contributed by atoms with E-state index < -0.39 is 11.7 Å². The van der Waals surface area contributed by atoms with Crippen molar-refractivity contribution in [3.05, 3.63) is 29.8 Å². The zero-order valence-electron chi connectivity index (χ0n) is 10.8. The maximum Gasteiger partial charge on any atom is 0.416 e. The molecule has 1 fully saturated rings. The Balaban J connectivity index is 1.70. The number of halogens is 3. The van der Waals surface area contributed by atoms with Crippen LogP contribution in [0, 0.1) is 0 Å². The lowest BCUT2D eigenvalue weighted by atomic mass is 10.0. The van der Waals surface area contributed by atoms with Gasteiger partial charge in [0.2, 0.25) is 0 Å². The lowest BCUT2D eigenvalue weighted by molar-refractivity contribution is -0.137. The molecule has 1 aliphatic carbocycles. The second-order valence-corrected chi connectivity index (χ2v) is 6.30. The van der Waals surface area contributed by atoms with Crippen LogP contribution < -0.4 is 5.32 Å². The van der Waals surface area contributed by atoms with Gasteiger partial charge < -0.3 is 5.32 Å². The fourth-order valence-electron chi connectivity index (χ4n) is 2.70. The van der Waals surface area contributed by atoms with Gasteiger partial charge in [0.1, 0.15) is 0 Å². The van der Waals surface area contributed by atoms with Crippen molar-refractivity contribution < 1.29 is 13.2 Å². The molecule has 1 saturated carbocycles. The van der Waals surface area contributed by atoms with Crippen LogP contribution in [-0.2, 0) is 6.18 Å². The van der Waals surface area contributed by atoms with Crippen molar-refractivity contribution in [2.75, 3.05) is 11.1 Å². The third kappa shape index (κ3) is 2.80. The van der Waals surface area contributed by atoms with Crippen molar-refractivity contribution in [2.24, 2.45) is 4.99 Å². The average Bonchev–Trinajstić information content (AvgIpc) is 3.00. The Morgan fingerprint density at radius 1 is 1.10 bits per heavy atom. The summed E-state index contributed by atoms with van der Waals surface area (Å²) in [4.78, 5) is 4.73. The first kappa shape index (κ1) is 13.8. The van der Waals surface area contributed by atoms with Crippen LogP contribution in [0.2, 0.25) is 0 Å². The molecule has 1 aromatic rings. The van der Waals surface area contributed by atoms with Crippen molar-refractivity contribution in [1.82, 2.24) is 0 Å². The highest BCUT2D eigenvalue weighted by Crippen LogP contribution is 2.41. The molecule has 1 heterocycles. The van der Waals surface area contributed by atoms with Gasteiger partial charge in [0.15, 0.2) is 5.17 Å². The lowest BCUT2D eigenvalue weighted by Crippen LogP contribution is -2.21. The summed E-state index contributed by atoms with van der Waals surface area (Å²) in [6.07, 6.45) is 0.400. The molecule has 1 aliphatic heterocycles. The fraction of sp³-hybridized carbons (Fsp3) is 0.500. The number of nitrogens with one attached hydrogen (secondary N) is 1. The number of alkyl halides is 3. The summed E-state index contributed by atoms with van der Waals surface area (Å²) in [6.45, 7) is 0. The molecule has 20 heavy (non-hydrogen) atoms. The molecule has 2 aliphatic rings. The highest BCUT2D eigenvalue weighted by atomic mass is 32.2. The number of aliphatic imine (C=N–C) groups is 1. The molecule has 1 N–H and O–H groups in total. The van der Waals surface area contributed by atoms with Gasteiger partial charge in [-0.3, -0.25) is 4.99 Å². The topological polar surface area (TPSA) is 24.4 Å². The van der Waals surface area contributed by atoms with Gasteiger partial charge in [-0.25, -0.2) is 0 Å². The first-order valence-corrected chi connectivity index (χ1v) is 7.62. The summed E-state index contributed by atoms with van der Waals surface area (Å²) in [7, 11) is 0. The van der Waals surface area contributed by atoms with Crippen LogP contribution in [0.5, 0.6) is 0 Å². The molecule has 1 aromatic carbocycles. The van der Waals surface area contributed by atoms with Crippen LogP contribution >= 0.6 is 11.8 Å². The minimum Gasteiger partial charge on any atom is -0.335 e. The third-order valence-electron chi connectivity index (χ3n) is 3.81. The van der Waals surface area contributed by atoms with Crippen LogP contribution in [0.1, 0.15) is 31.2 Å². The molecular formula is C14H15F3N2S. The normalized spacial score (nSPS) is 21.2. The van der Waals surface area contributed by atoms with Crippen molar-refractivity contribution in [3.8, 4) is 0 Å². The van der Waals surface area contributed by atoms with Crippen molar-refractivity contribution in [1.29, 1.82) is 0 Å². The fourth-order valence-corrected chi connectivity index (χ4v) is 3.91. The van der Waals surface area contributed by atoms with E-state index in [1.165, 1.54) is 25.0 Å². The average molecular weight is 300 g/mol. The van der Waals surface area contributed by atoms with E-state index in [9.17, 15) is 13.2 Å². The summed E-state index contributed by atoms with van der Waals surface area (Å²) in [5, 5.41) is 3.94. The van der Waals surface area contributed by atoms with Crippen LogP contribution in [0.15, 0.2) is 29.3 Å². The second kappa shape index (κ2) is 4.98. The zero-order chi connectivity index (χ0) is 14.2. The predicted octanol–water partition coefficient (Wildman–Crippen LogP) is 4.53. The van der Waals surface area contributed by atoms with Gasteiger partial charge in [-0.15, -0.1) is 0 Å². The molecule has 0 atom stereocenters. The Labute approximate surface area is 119 Å². The minimum atomic E-state index is -4.29. The molecule has 0 unspecified atom stereocenters. The van der Waals surface area contributed by atoms with Crippen LogP contribution in [0.25, 0.3) is 0 Å². The predicted molar refractivity (Wildman–Crippen MR) is 76.2 cm³/mol. The highest BCUT2D eigenvalue weighted by molar-refractivity contribution is 8.14. The van der Waals surface area contributed by atoms with Crippen LogP contribution in [-0.4, -0.2) is 16.5 Å². The third-order valence-corrected chi connectivity index (χ3v) is 4.96. The van der Waals surface area contributed by atoms with Gasteiger partial charge >= 0.3 is 6.18 Å². The van der Waals surface area contributed by atoms with Gasteiger partial charge in [0.05, 0.1) is 11.1 Å². The Morgan fingerprint density at radius 2 is 1.75 bits per heavy atom. The number of amidine groups is 1. The summed E-state index contributed by atoms with van der Waals surface area (Å²) < 4.78 is 37.4. The highest BCUT2D eigenvalue weighted by Gasteiger charge is 2.38. The minimum absolute atomic E-state index is 0.0823. The molecule has 0 radical (unpaired) electrons. The number of hydrogen-bond acceptors (Lipinski definition) is 3. The van der Waals surface area contributed by atoms with E-state index in [0.29, 0.717) is 5.69 Å². The van der Waals surface area contributed by atoms with Crippen LogP contribution in [0.3, 0.4) is 0 Å². The van der Waals surface area contributed by atoms with Gasteiger partial charge in [-0.2, -0.15) is 13.2 Å². The van der Waals surface area contributed by atoms with E-state index in [1.54, 1.807) is 11.8 Å². The molecule has 1 spiro atoms. The molecular weight excluding hydrogens is 285 g/mol. The number of rotatable bonds is 1. The molecule has 0 bridgehead atoms. The van der Waals surface area contributed by atoms with Gasteiger partial charge in [-0.05, 0) is 37.1 Å². The summed E-state index contributed by atoms with van der Waals surface area (Å²) >= 11 is 1.66. The molecule has 0 aromatic heterocycles. The Morgan fingerprint density at radius 3 is 2.35 bits per heavy atom. The van der Waals surface area contributed by atoms with E-state index in [4.69, 9.17) is 4.99 Å². The maximum atomic E-state index is 12.5. The Kier molecular flexibility index (Phi) is 3.44. The molecule has 0 amide bonds. The largest absolute Gasteiger partial charge is 0.416 e. The number of hydrogen-bond donors (Lipinski definition) is 1. The quantitative estimate of drug-likeness (QED) is 0.824. The Bertz CT molecular complexity index is 516. The van der Waals surface area contributed by atoms with Gasteiger partial charge in [0.25, 0.3) is 0 Å². The van der Waals surface area contributed by atoms with E-state index in [-0.39, 0.29) is 5.54 Å². The van der Waals surface area contributed by atoms with Crippen LogP contribution in [0.4, 0.5) is 18.9 Å². The number of benzene rings is 1. The Hall–Kier alpha value is -1.17. The summed E-state index contributed by atoms with van der Waals surface area (Å²) in [5.41, 5.74) is 0.106. The maximum absolute atomic E-state index is 12.5. The zero-order valence-corrected chi connectivity index (χ0v) is 11.7. The molecule has 3 rings (SSSR count). The summed E-state index contributed by atoms with van der Waals surface area (Å²) in [5.74, 6) is 0.982. The monoisotopic (exact) mass is 300 g/mol. The van der Waals surface area contributed by atoms with E-state index in [0.717, 1.165) is 35.9 Å². The molecule has 108 valence electrons. The first-order valence-electron chi connectivity index (χ1n) is 6.64. The second-order valence-electron chi connectivity index (χ2n) is 5.34. The van der Waals surface area contributed by atoms with Crippen molar-refractivity contribution in [3.63, 3.8) is 0 Å². The summed E-state index contributed by atoms with van der Waals surface area (Å²) in [6, 6.07) is 5.08. The molecule has 6 heteroatoms. The van der Waals surface area contributed by atoms with Gasteiger partial charge in [-0.1, -0.05) is 24.6 Å². The van der Waals surface area contributed by atoms with E-state index in [1.807, 2.05) is 0 Å². The standard InChI is InChI=1S/C14H15F3N2S/c15-14(16,17)10-3-5-11(6-4-10)18-12-19-13(9-20-12)7-1-2-8-13/h3-6H,1-2,7-9H2,(H,18,19). The van der Waals surface area contributed by atoms with E-state index in [2.05, 4.69) is 5.32 Å². The SMILES string of the molecule is FC(F)(F)c1ccc(NC2=NC3(CCCC3)CS2)cc1. The first-order chi connectivity index (χ1) is 9.47. The van der Waals surface area contributed by atoms with Crippen molar-refractivity contribution in [2.45, 2.75) is 37.4 Å². The van der Waals surface area contributed by atoms with E-state index >= 15 is 0 Å². The smallest absolute Gasteiger partial charge is 0.335 e. The number of thioether (sulfide) groups is 1. The van der Waals surface area contributed by atoms with Gasteiger partial charge in [0, 0.05) is 11.4 Å². The number of anilines is 1. The van der Waals surface area contributed by atoms with Crippen molar-refractivity contribution >= 4 is 22.6 Å². The molecule has 0 saturated heterocycles. The lowest BCUT2D eigenvalue weighted by Gasteiger charge is -2.16. The number of nitrogens with zero attached hydrogens (tertiary/aromatic N) is 1.